The second-order valence-corrected chi connectivity index (χ2v) is 6.94. The molecule has 1 aliphatic carbocycles. The van der Waals surface area contributed by atoms with Crippen molar-refractivity contribution in [3.63, 3.8) is 0 Å². The highest BCUT2D eigenvalue weighted by Crippen LogP contribution is 2.33. The number of anilines is 1. The van der Waals surface area contributed by atoms with Crippen LogP contribution in [0.25, 0.3) is 0 Å². The molecule has 3 rings (SSSR count). The second-order valence-electron chi connectivity index (χ2n) is 5.86. The normalized spacial score (nSPS) is 21.7. The highest BCUT2D eigenvalue weighted by atomic mass is 32.1. The van der Waals surface area contributed by atoms with Crippen molar-refractivity contribution < 1.29 is 4.79 Å². The van der Waals surface area contributed by atoms with Crippen LogP contribution in [0.1, 0.15) is 43.2 Å². The first-order valence-electron chi connectivity index (χ1n) is 7.18. The van der Waals surface area contributed by atoms with Gasteiger partial charge in [0.15, 0.2) is 5.13 Å². The Kier molecular flexibility index (Phi) is 3.58. The predicted octanol–water partition coefficient (Wildman–Crippen LogP) is 2.35. The van der Waals surface area contributed by atoms with E-state index in [1.807, 2.05) is 0 Å². The maximum atomic E-state index is 12.4. The van der Waals surface area contributed by atoms with Crippen LogP contribution in [-0.2, 0) is 17.6 Å². The van der Waals surface area contributed by atoms with Crippen LogP contribution < -0.4 is 10.6 Å². The van der Waals surface area contributed by atoms with Gasteiger partial charge in [0.25, 0.3) is 0 Å². The average molecular weight is 279 g/mol. The second kappa shape index (κ2) is 5.21. The van der Waals surface area contributed by atoms with Crippen LogP contribution in [0.15, 0.2) is 0 Å². The lowest BCUT2D eigenvalue weighted by Crippen LogP contribution is -2.42. The molecule has 104 valence electrons. The van der Waals surface area contributed by atoms with Crippen LogP contribution in [0.2, 0.25) is 0 Å². The van der Waals surface area contributed by atoms with E-state index in [0.29, 0.717) is 0 Å². The van der Waals surface area contributed by atoms with Crippen molar-refractivity contribution in [3.8, 4) is 0 Å². The molecule has 0 spiro atoms. The molecule has 2 heterocycles. The molecular formula is C14H21N3OS. The number of carbonyl (C=O) groups is 1. The molecule has 0 unspecified atom stereocenters. The molecule has 1 aromatic heterocycles. The minimum Gasteiger partial charge on any atom is -0.317 e. The number of thiazole rings is 1. The zero-order chi connectivity index (χ0) is 13.3. The number of carbonyl (C=O) groups excluding carboxylic acids is 1. The first kappa shape index (κ1) is 13.1. The van der Waals surface area contributed by atoms with Gasteiger partial charge in [-0.05, 0) is 51.6 Å². The summed E-state index contributed by atoms with van der Waals surface area (Å²) in [5.74, 6) is 0.139. The molecule has 0 bridgehead atoms. The number of aryl methyl sites for hydroxylation is 2. The summed E-state index contributed by atoms with van der Waals surface area (Å²) in [5, 5.41) is 7.16. The lowest BCUT2D eigenvalue weighted by atomic mass is 9.80. The third-order valence-corrected chi connectivity index (χ3v) is 5.39. The summed E-state index contributed by atoms with van der Waals surface area (Å²) in [4.78, 5) is 18.4. The van der Waals surface area contributed by atoms with Crippen molar-refractivity contribution in [2.75, 3.05) is 18.4 Å². The van der Waals surface area contributed by atoms with E-state index in [9.17, 15) is 4.79 Å². The van der Waals surface area contributed by atoms with Gasteiger partial charge in [0.05, 0.1) is 5.69 Å². The van der Waals surface area contributed by atoms with Gasteiger partial charge in [-0.3, -0.25) is 4.79 Å². The van der Waals surface area contributed by atoms with Crippen LogP contribution in [-0.4, -0.2) is 24.0 Å². The Balaban J connectivity index is 1.70. The van der Waals surface area contributed by atoms with Crippen LogP contribution >= 0.6 is 11.3 Å². The van der Waals surface area contributed by atoms with E-state index in [2.05, 4.69) is 22.5 Å². The van der Waals surface area contributed by atoms with Gasteiger partial charge in [0.2, 0.25) is 5.91 Å². The Bertz CT molecular complexity index is 454. The predicted molar refractivity (Wildman–Crippen MR) is 77.6 cm³/mol. The zero-order valence-electron chi connectivity index (χ0n) is 11.4. The van der Waals surface area contributed by atoms with E-state index in [-0.39, 0.29) is 11.3 Å². The van der Waals surface area contributed by atoms with Gasteiger partial charge in [-0.1, -0.05) is 6.92 Å². The third kappa shape index (κ3) is 2.67. The number of piperidine rings is 1. The smallest absolute Gasteiger partial charge is 0.232 e. The van der Waals surface area contributed by atoms with Crippen molar-refractivity contribution in [1.29, 1.82) is 0 Å². The Hall–Kier alpha value is -0.940. The van der Waals surface area contributed by atoms with E-state index < -0.39 is 0 Å². The van der Waals surface area contributed by atoms with Gasteiger partial charge in [-0.25, -0.2) is 4.98 Å². The highest BCUT2D eigenvalue weighted by molar-refractivity contribution is 7.15. The van der Waals surface area contributed by atoms with E-state index in [4.69, 9.17) is 0 Å². The fourth-order valence-electron chi connectivity index (χ4n) is 2.86. The van der Waals surface area contributed by atoms with Gasteiger partial charge in [0.1, 0.15) is 0 Å². The van der Waals surface area contributed by atoms with Crippen LogP contribution in [0.4, 0.5) is 5.13 Å². The fourth-order valence-corrected chi connectivity index (χ4v) is 3.90. The van der Waals surface area contributed by atoms with E-state index in [0.717, 1.165) is 43.9 Å². The topological polar surface area (TPSA) is 54.0 Å². The fraction of sp³-hybridized carbons (Fsp3) is 0.714. The minimum absolute atomic E-state index is 0.139. The number of aromatic nitrogens is 1. The van der Waals surface area contributed by atoms with Crippen LogP contribution in [0, 0.1) is 5.41 Å². The highest BCUT2D eigenvalue weighted by Gasteiger charge is 2.35. The monoisotopic (exact) mass is 279 g/mol. The number of nitrogens with zero attached hydrogens (tertiary/aromatic N) is 1. The van der Waals surface area contributed by atoms with Gasteiger partial charge in [0, 0.05) is 10.3 Å². The van der Waals surface area contributed by atoms with E-state index in [1.165, 1.54) is 23.4 Å². The summed E-state index contributed by atoms with van der Waals surface area (Å²) >= 11 is 1.67. The largest absolute Gasteiger partial charge is 0.317 e. The maximum absolute atomic E-state index is 12.4. The van der Waals surface area contributed by atoms with Crippen molar-refractivity contribution in [2.45, 2.75) is 45.4 Å². The molecule has 2 N–H and O–H groups in total. The third-order valence-electron chi connectivity index (χ3n) is 4.32. The van der Waals surface area contributed by atoms with Crippen LogP contribution in [0.3, 0.4) is 0 Å². The molecule has 4 nitrogen and oxygen atoms in total. The first-order chi connectivity index (χ1) is 9.17. The molecule has 1 amide bonds. The Morgan fingerprint density at radius 1 is 1.32 bits per heavy atom. The van der Waals surface area contributed by atoms with Gasteiger partial charge < -0.3 is 10.6 Å². The minimum atomic E-state index is -0.239. The SMILES string of the molecule is CC1(C(=O)Nc2nc3c(s2)CCCC3)CCNCC1. The molecule has 1 aromatic rings. The lowest BCUT2D eigenvalue weighted by Gasteiger charge is -2.32. The molecule has 0 aromatic carbocycles. The summed E-state index contributed by atoms with van der Waals surface area (Å²) in [7, 11) is 0. The molecule has 19 heavy (non-hydrogen) atoms. The molecule has 1 fully saturated rings. The number of hydrogen-bond acceptors (Lipinski definition) is 4. The number of rotatable bonds is 2. The first-order valence-corrected chi connectivity index (χ1v) is 8.00. The molecule has 0 radical (unpaired) electrons. The maximum Gasteiger partial charge on any atom is 0.232 e. The molecule has 5 heteroatoms. The summed E-state index contributed by atoms with van der Waals surface area (Å²) in [5.41, 5.74) is 0.972. The zero-order valence-corrected chi connectivity index (χ0v) is 12.2. The lowest BCUT2D eigenvalue weighted by molar-refractivity contribution is -0.126. The van der Waals surface area contributed by atoms with Gasteiger partial charge in [-0.15, -0.1) is 11.3 Å². The molecule has 0 saturated carbocycles. The standard InChI is InChI=1S/C14H21N3OS/c1-14(6-8-15-9-7-14)12(18)17-13-16-10-4-2-3-5-11(10)19-13/h15H,2-9H2,1H3,(H,16,17,18). The Labute approximate surface area is 118 Å². The molecule has 0 atom stereocenters. The number of hydrogen-bond donors (Lipinski definition) is 2. The molecule has 1 aliphatic heterocycles. The van der Waals surface area contributed by atoms with Crippen molar-refractivity contribution in [2.24, 2.45) is 5.41 Å². The summed E-state index contributed by atoms with van der Waals surface area (Å²) < 4.78 is 0. The summed E-state index contributed by atoms with van der Waals surface area (Å²) in [6.45, 7) is 3.92. The Morgan fingerprint density at radius 2 is 2.05 bits per heavy atom. The number of amides is 1. The molecule has 2 aliphatic rings. The van der Waals surface area contributed by atoms with Gasteiger partial charge in [-0.2, -0.15) is 0 Å². The quantitative estimate of drug-likeness (QED) is 0.874. The summed E-state index contributed by atoms with van der Waals surface area (Å²) in [6.07, 6.45) is 6.50. The number of fused-ring (bicyclic) bond motifs is 1. The molecule has 1 saturated heterocycles. The van der Waals surface area contributed by atoms with Crippen molar-refractivity contribution in [3.05, 3.63) is 10.6 Å². The number of nitrogens with one attached hydrogen (secondary N) is 2. The summed E-state index contributed by atoms with van der Waals surface area (Å²) in [6, 6.07) is 0. The van der Waals surface area contributed by atoms with Crippen molar-refractivity contribution in [1.82, 2.24) is 10.3 Å². The van der Waals surface area contributed by atoms with Crippen molar-refractivity contribution >= 4 is 22.4 Å². The van der Waals surface area contributed by atoms with Crippen LogP contribution in [0.5, 0.6) is 0 Å². The van der Waals surface area contributed by atoms with Gasteiger partial charge >= 0.3 is 0 Å². The van der Waals surface area contributed by atoms with E-state index in [1.54, 1.807) is 11.3 Å². The van der Waals surface area contributed by atoms with E-state index >= 15 is 0 Å². The average Bonchev–Trinajstić information content (AvgIpc) is 2.81. The molecular weight excluding hydrogens is 258 g/mol. The Morgan fingerprint density at radius 3 is 2.79 bits per heavy atom.